The van der Waals surface area contributed by atoms with E-state index in [4.69, 9.17) is 37.0 Å². The quantitative estimate of drug-likeness (QED) is 0.0169. The van der Waals surface area contributed by atoms with E-state index < -0.39 is 97.5 Å². The van der Waals surface area contributed by atoms with E-state index in [0.717, 1.165) is 161 Å². The van der Waals surface area contributed by atoms with Crippen molar-refractivity contribution in [3.05, 3.63) is 72.9 Å². The number of ether oxygens (including phenoxy) is 4. The molecular formula is C77H138O17P2. The first-order valence-corrected chi connectivity index (χ1v) is 41.2. The highest BCUT2D eigenvalue weighted by atomic mass is 31.2. The van der Waals surface area contributed by atoms with Crippen LogP contribution < -0.4 is 0 Å². The van der Waals surface area contributed by atoms with Crippen molar-refractivity contribution in [2.75, 3.05) is 39.6 Å². The standard InChI is InChI=1S/C77H138O17P2/c1-5-9-13-17-21-25-29-32-35-38-42-45-49-53-57-61-74(79)87-67-72(93-76(81)63-59-55-51-47-41-28-24-20-16-12-8-4)69-91-95(83,84)89-65-71(78)66-90-96(85,86)92-70-73(94-77(82)64-60-56-52-48-44-40-37-34-31-27-23-19-15-11-7-3)68-88-75(80)62-58-54-50-46-43-39-36-33-30-26-22-18-14-10-6-2/h21-23,25-27,32-37,71-73,78H,5-20,24,28-31,38-70H2,1-4H3,(H,83,84)(H,85,86)/b25-21-,26-22-,27-23-,35-32-,36-33-,37-34-. The molecule has 19 heteroatoms. The van der Waals surface area contributed by atoms with E-state index in [9.17, 15) is 43.2 Å². The molecule has 0 heterocycles. The monoisotopic (exact) mass is 1400 g/mol. The van der Waals surface area contributed by atoms with Crippen LogP contribution in [-0.4, -0.2) is 96.7 Å². The molecule has 5 unspecified atom stereocenters. The highest BCUT2D eigenvalue weighted by molar-refractivity contribution is 7.47. The maximum Gasteiger partial charge on any atom is 0.472 e. The number of carbonyl (C=O) groups excluding carboxylic acids is 4. The van der Waals surface area contributed by atoms with E-state index in [1.807, 2.05) is 0 Å². The lowest BCUT2D eigenvalue weighted by molar-refractivity contribution is -0.161. The van der Waals surface area contributed by atoms with Gasteiger partial charge >= 0.3 is 39.5 Å². The Hall–Kier alpha value is -3.50. The van der Waals surface area contributed by atoms with Gasteiger partial charge in [-0.05, 0) is 122 Å². The van der Waals surface area contributed by atoms with Crippen molar-refractivity contribution < 1.29 is 80.2 Å². The van der Waals surface area contributed by atoms with Crippen LogP contribution in [0, 0.1) is 0 Å². The molecule has 0 aliphatic rings. The number of phosphoric acid groups is 2. The van der Waals surface area contributed by atoms with Crippen molar-refractivity contribution in [3.8, 4) is 0 Å². The Morgan fingerprint density at radius 2 is 0.510 bits per heavy atom. The van der Waals surface area contributed by atoms with Gasteiger partial charge in [-0.25, -0.2) is 9.13 Å². The fourth-order valence-electron chi connectivity index (χ4n) is 10.3. The van der Waals surface area contributed by atoms with Crippen molar-refractivity contribution in [1.29, 1.82) is 0 Å². The number of aliphatic hydroxyl groups is 1. The van der Waals surface area contributed by atoms with E-state index in [-0.39, 0.29) is 25.7 Å². The number of carbonyl (C=O) groups is 4. The molecule has 0 amide bonds. The zero-order valence-corrected chi connectivity index (χ0v) is 62.6. The van der Waals surface area contributed by atoms with Gasteiger partial charge in [0.25, 0.3) is 0 Å². The maximum absolute atomic E-state index is 13.1. The summed E-state index contributed by atoms with van der Waals surface area (Å²) in [5, 5.41) is 10.6. The smallest absolute Gasteiger partial charge is 0.462 e. The van der Waals surface area contributed by atoms with Crippen LogP contribution in [0.2, 0.25) is 0 Å². The van der Waals surface area contributed by atoms with Crippen LogP contribution in [0.5, 0.6) is 0 Å². The lowest BCUT2D eigenvalue weighted by atomic mass is 10.1. The van der Waals surface area contributed by atoms with Crippen molar-refractivity contribution in [2.24, 2.45) is 0 Å². The Labute approximate surface area is 583 Å². The Morgan fingerprint density at radius 1 is 0.292 bits per heavy atom. The van der Waals surface area contributed by atoms with Gasteiger partial charge in [-0.2, -0.15) is 0 Å². The highest BCUT2D eigenvalue weighted by Gasteiger charge is 2.30. The first kappa shape index (κ1) is 92.5. The first-order valence-electron chi connectivity index (χ1n) is 38.2. The van der Waals surface area contributed by atoms with E-state index in [0.29, 0.717) is 25.7 Å². The van der Waals surface area contributed by atoms with Crippen LogP contribution in [0.3, 0.4) is 0 Å². The summed E-state index contributed by atoms with van der Waals surface area (Å²) < 4.78 is 68.4. The van der Waals surface area contributed by atoms with Crippen molar-refractivity contribution in [3.63, 3.8) is 0 Å². The number of phosphoric ester groups is 2. The molecule has 0 radical (unpaired) electrons. The van der Waals surface area contributed by atoms with Crippen LogP contribution in [0.15, 0.2) is 72.9 Å². The molecule has 0 aromatic rings. The van der Waals surface area contributed by atoms with Gasteiger partial charge in [0.1, 0.15) is 19.3 Å². The molecule has 0 aliphatic carbocycles. The number of aliphatic hydroxyl groups excluding tert-OH is 1. The minimum absolute atomic E-state index is 0.0781. The van der Waals surface area contributed by atoms with Gasteiger partial charge in [0.2, 0.25) is 0 Å². The third kappa shape index (κ3) is 69.0. The molecule has 0 aromatic carbocycles. The lowest BCUT2D eigenvalue weighted by Gasteiger charge is -2.21. The van der Waals surface area contributed by atoms with Crippen molar-refractivity contribution in [2.45, 2.75) is 354 Å². The SMILES string of the molecule is CCCCC/C=C\C/C=C\CCCCCCCC(=O)OCC(COP(=O)(O)OCC(O)COP(=O)(O)OCC(COC(=O)CCCCCCC/C=C\C/C=C\CCCCC)OC(=O)CCCCCCCCCCCCC)OC(=O)CCCCCCC/C=C\C/C=C\CCCCC. The largest absolute Gasteiger partial charge is 0.472 e. The summed E-state index contributed by atoms with van der Waals surface area (Å²) in [6, 6.07) is 0. The predicted molar refractivity (Wildman–Crippen MR) is 390 cm³/mol. The summed E-state index contributed by atoms with van der Waals surface area (Å²) in [6.07, 6.45) is 68.9. The predicted octanol–water partition coefficient (Wildman–Crippen LogP) is 21.7. The minimum Gasteiger partial charge on any atom is -0.462 e. The fraction of sp³-hybridized carbons (Fsp3) is 0.792. The van der Waals surface area contributed by atoms with Crippen molar-refractivity contribution >= 4 is 39.5 Å². The average Bonchev–Trinajstić information content (AvgIpc) is 1.09. The van der Waals surface area contributed by atoms with E-state index in [1.54, 1.807) is 0 Å². The second kappa shape index (κ2) is 70.0. The summed E-state index contributed by atoms with van der Waals surface area (Å²) in [5.74, 6) is -2.20. The maximum atomic E-state index is 13.1. The van der Waals surface area contributed by atoms with Gasteiger partial charge in [0, 0.05) is 25.7 Å². The number of hydrogen-bond acceptors (Lipinski definition) is 15. The van der Waals surface area contributed by atoms with Crippen LogP contribution in [0.25, 0.3) is 0 Å². The van der Waals surface area contributed by atoms with Gasteiger partial charge in [-0.15, -0.1) is 0 Å². The molecule has 0 rings (SSSR count). The number of esters is 4. The Kier molecular flexibility index (Phi) is 67.4. The molecular weight excluding hydrogens is 1260 g/mol. The van der Waals surface area contributed by atoms with Crippen LogP contribution in [0.1, 0.15) is 336 Å². The summed E-state index contributed by atoms with van der Waals surface area (Å²) >= 11 is 0. The van der Waals surface area contributed by atoms with Gasteiger partial charge in [0.05, 0.1) is 26.4 Å². The molecule has 17 nitrogen and oxygen atoms in total. The lowest BCUT2D eigenvalue weighted by Crippen LogP contribution is -2.30. The van der Waals surface area contributed by atoms with E-state index >= 15 is 0 Å². The van der Waals surface area contributed by atoms with Gasteiger partial charge in [-0.3, -0.25) is 37.3 Å². The zero-order valence-electron chi connectivity index (χ0n) is 60.8. The minimum atomic E-state index is -4.97. The van der Waals surface area contributed by atoms with E-state index in [2.05, 4.69) is 101 Å². The van der Waals surface area contributed by atoms with Gasteiger partial charge in [-0.1, -0.05) is 261 Å². The summed E-state index contributed by atoms with van der Waals surface area (Å²) in [7, 11) is -9.94. The van der Waals surface area contributed by atoms with Crippen LogP contribution in [-0.2, 0) is 65.4 Å². The number of allylic oxidation sites excluding steroid dienone is 12. The second-order valence-electron chi connectivity index (χ2n) is 25.6. The molecule has 3 N–H and O–H groups in total. The summed E-state index contributed by atoms with van der Waals surface area (Å²) in [5.41, 5.74) is 0. The fourth-order valence-corrected chi connectivity index (χ4v) is 11.8. The topological polar surface area (TPSA) is 237 Å². The molecule has 0 bridgehead atoms. The summed E-state index contributed by atoms with van der Waals surface area (Å²) in [4.78, 5) is 72.8. The third-order valence-corrected chi connectivity index (χ3v) is 18.0. The van der Waals surface area contributed by atoms with E-state index in [1.165, 1.54) is 96.3 Å². The molecule has 0 spiro atoms. The molecule has 96 heavy (non-hydrogen) atoms. The third-order valence-electron chi connectivity index (χ3n) is 16.1. The Morgan fingerprint density at radius 3 is 0.792 bits per heavy atom. The number of hydrogen-bond donors (Lipinski definition) is 3. The molecule has 558 valence electrons. The van der Waals surface area contributed by atoms with Gasteiger partial charge < -0.3 is 33.8 Å². The number of unbranched alkanes of at least 4 members (excludes halogenated alkanes) is 34. The highest BCUT2D eigenvalue weighted by Crippen LogP contribution is 2.45. The molecule has 5 atom stereocenters. The Bertz CT molecular complexity index is 2110. The Balaban J connectivity index is 5.34. The molecule has 0 aliphatic heterocycles. The zero-order chi connectivity index (χ0) is 70.4. The normalized spacial score (nSPS) is 14.4. The summed E-state index contributed by atoms with van der Waals surface area (Å²) in [6.45, 7) is 4.77. The van der Waals surface area contributed by atoms with Crippen LogP contribution in [0.4, 0.5) is 0 Å². The molecule has 0 saturated carbocycles. The van der Waals surface area contributed by atoms with Crippen molar-refractivity contribution in [1.82, 2.24) is 0 Å². The van der Waals surface area contributed by atoms with Crippen LogP contribution >= 0.6 is 15.6 Å². The molecule has 0 saturated heterocycles. The molecule has 0 aromatic heterocycles. The van der Waals surface area contributed by atoms with Gasteiger partial charge in [0.15, 0.2) is 12.2 Å². The number of rotatable bonds is 72. The molecule has 0 fully saturated rings. The average molecular weight is 1400 g/mol. The first-order chi connectivity index (χ1) is 46.7. The second-order valence-corrected chi connectivity index (χ2v) is 28.5.